The van der Waals surface area contributed by atoms with Gasteiger partial charge in [0.2, 0.25) is 0 Å². The summed E-state index contributed by atoms with van der Waals surface area (Å²) in [5.74, 6) is 0. The van der Waals surface area contributed by atoms with Crippen LogP contribution in [0.2, 0.25) is 0 Å². The monoisotopic (exact) mass is 240 g/mol. The van der Waals surface area contributed by atoms with Crippen LogP contribution in [0.5, 0.6) is 0 Å². The molecule has 1 heterocycles. The molecule has 0 amide bonds. The Balaban J connectivity index is 0.00000128. The minimum Gasteiger partial charge on any atom is -0.399 e. The number of benzene rings is 1. The molecule has 0 atom stereocenters. The fourth-order valence-corrected chi connectivity index (χ4v) is 1.59. The summed E-state index contributed by atoms with van der Waals surface area (Å²) in [6, 6.07) is 10.1. The summed E-state index contributed by atoms with van der Waals surface area (Å²) in [4.78, 5) is 0. The van der Waals surface area contributed by atoms with Crippen molar-refractivity contribution < 1.29 is 9.31 Å². The highest BCUT2D eigenvalue weighted by Crippen LogP contribution is 2.36. The molecule has 0 aromatic heterocycles. The maximum absolute atomic E-state index is 5.93. The standard InChI is InChI=1S/C12H17BO2.ClH/c1-11(2)12(3,4)15-13(14-11)10-8-6-5-7-9-10;/h5-9H,1-4H3;1H. The SMILES string of the molecule is CC1(C)OB(c2ccccc2)OC1(C)C.Cl. The molecule has 0 saturated carbocycles. The second-order valence-corrected chi connectivity index (χ2v) is 5.00. The summed E-state index contributed by atoms with van der Waals surface area (Å²) in [6.07, 6.45) is 0. The van der Waals surface area contributed by atoms with Gasteiger partial charge in [-0.3, -0.25) is 0 Å². The third-order valence-corrected chi connectivity index (χ3v) is 3.32. The first-order valence-corrected chi connectivity index (χ1v) is 5.33. The van der Waals surface area contributed by atoms with Crippen molar-refractivity contribution in [2.24, 2.45) is 0 Å². The van der Waals surface area contributed by atoms with Gasteiger partial charge in [0, 0.05) is 0 Å². The summed E-state index contributed by atoms with van der Waals surface area (Å²) in [5, 5.41) is 0. The Bertz CT molecular complexity index is 335. The molecule has 16 heavy (non-hydrogen) atoms. The zero-order valence-corrected chi connectivity index (χ0v) is 11.0. The zero-order chi connectivity index (χ0) is 11.1. The van der Waals surface area contributed by atoms with Crippen molar-refractivity contribution in [3.63, 3.8) is 0 Å². The Hall–Kier alpha value is -0.505. The molecule has 1 fully saturated rings. The lowest BCUT2D eigenvalue weighted by Crippen LogP contribution is -2.41. The highest BCUT2D eigenvalue weighted by atomic mass is 35.5. The second kappa shape index (κ2) is 4.40. The van der Waals surface area contributed by atoms with Gasteiger partial charge in [-0.05, 0) is 33.2 Å². The van der Waals surface area contributed by atoms with E-state index in [-0.39, 0.29) is 30.7 Å². The molecular formula is C12H18BClO2. The first-order chi connectivity index (χ1) is 6.92. The van der Waals surface area contributed by atoms with Crippen LogP contribution in [0.1, 0.15) is 27.7 Å². The van der Waals surface area contributed by atoms with Gasteiger partial charge < -0.3 is 9.31 Å². The molecule has 0 bridgehead atoms. The van der Waals surface area contributed by atoms with Gasteiger partial charge in [0.25, 0.3) is 0 Å². The van der Waals surface area contributed by atoms with E-state index in [1.807, 2.05) is 30.3 Å². The Morgan fingerprint density at radius 2 is 1.31 bits per heavy atom. The lowest BCUT2D eigenvalue weighted by molar-refractivity contribution is 0.00578. The van der Waals surface area contributed by atoms with Crippen molar-refractivity contribution >= 4 is 25.0 Å². The fraction of sp³-hybridized carbons (Fsp3) is 0.500. The van der Waals surface area contributed by atoms with Crippen molar-refractivity contribution in [2.75, 3.05) is 0 Å². The smallest absolute Gasteiger partial charge is 0.399 e. The van der Waals surface area contributed by atoms with E-state index >= 15 is 0 Å². The highest BCUT2D eigenvalue weighted by molar-refractivity contribution is 6.62. The first-order valence-electron chi connectivity index (χ1n) is 5.33. The predicted molar refractivity (Wildman–Crippen MR) is 69.4 cm³/mol. The van der Waals surface area contributed by atoms with E-state index in [1.54, 1.807) is 0 Å². The normalized spacial score (nSPS) is 21.6. The van der Waals surface area contributed by atoms with Gasteiger partial charge >= 0.3 is 7.12 Å². The number of hydrogen-bond donors (Lipinski definition) is 0. The molecule has 88 valence electrons. The maximum atomic E-state index is 5.93. The van der Waals surface area contributed by atoms with Crippen LogP contribution >= 0.6 is 12.4 Å². The minimum absolute atomic E-state index is 0. The molecule has 4 heteroatoms. The average molecular weight is 241 g/mol. The van der Waals surface area contributed by atoms with Gasteiger partial charge in [0.1, 0.15) is 0 Å². The van der Waals surface area contributed by atoms with E-state index in [0.717, 1.165) is 5.46 Å². The highest BCUT2D eigenvalue weighted by Gasteiger charge is 2.51. The van der Waals surface area contributed by atoms with Gasteiger partial charge in [-0.2, -0.15) is 0 Å². The Morgan fingerprint density at radius 1 is 0.875 bits per heavy atom. The summed E-state index contributed by atoms with van der Waals surface area (Å²) in [5.41, 5.74) is 0.567. The molecule has 1 aliphatic rings. The molecule has 1 saturated heterocycles. The van der Waals surface area contributed by atoms with Crippen molar-refractivity contribution in [3.05, 3.63) is 30.3 Å². The molecule has 2 rings (SSSR count). The van der Waals surface area contributed by atoms with Crippen LogP contribution < -0.4 is 5.46 Å². The van der Waals surface area contributed by atoms with Gasteiger partial charge in [-0.15, -0.1) is 12.4 Å². The van der Waals surface area contributed by atoms with Gasteiger partial charge in [0.15, 0.2) is 0 Å². The molecule has 0 unspecified atom stereocenters. The molecule has 0 N–H and O–H groups in total. The summed E-state index contributed by atoms with van der Waals surface area (Å²) < 4.78 is 11.9. The van der Waals surface area contributed by atoms with Crippen LogP contribution in [0.4, 0.5) is 0 Å². The van der Waals surface area contributed by atoms with E-state index in [2.05, 4.69) is 27.7 Å². The molecular weight excluding hydrogens is 222 g/mol. The van der Waals surface area contributed by atoms with E-state index in [0.29, 0.717) is 0 Å². The topological polar surface area (TPSA) is 18.5 Å². The zero-order valence-electron chi connectivity index (χ0n) is 10.2. The third kappa shape index (κ3) is 2.27. The molecule has 0 spiro atoms. The fourth-order valence-electron chi connectivity index (χ4n) is 1.59. The molecule has 0 radical (unpaired) electrons. The van der Waals surface area contributed by atoms with Crippen LogP contribution in [-0.2, 0) is 9.31 Å². The predicted octanol–water partition coefficient (Wildman–Crippen LogP) is 2.41. The molecule has 1 aromatic carbocycles. The van der Waals surface area contributed by atoms with Crippen LogP contribution in [0.3, 0.4) is 0 Å². The van der Waals surface area contributed by atoms with Crippen LogP contribution in [0.25, 0.3) is 0 Å². The third-order valence-electron chi connectivity index (χ3n) is 3.32. The maximum Gasteiger partial charge on any atom is 0.494 e. The molecule has 1 aromatic rings. The largest absolute Gasteiger partial charge is 0.494 e. The number of rotatable bonds is 1. The molecule has 0 aliphatic carbocycles. The van der Waals surface area contributed by atoms with E-state index in [1.165, 1.54) is 0 Å². The Morgan fingerprint density at radius 3 is 1.75 bits per heavy atom. The Labute approximate surface area is 104 Å². The summed E-state index contributed by atoms with van der Waals surface area (Å²) in [6.45, 7) is 8.26. The molecule has 1 aliphatic heterocycles. The molecule has 2 nitrogen and oxygen atoms in total. The summed E-state index contributed by atoms with van der Waals surface area (Å²) >= 11 is 0. The second-order valence-electron chi connectivity index (χ2n) is 5.00. The van der Waals surface area contributed by atoms with E-state index in [4.69, 9.17) is 9.31 Å². The first kappa shape index (κ1) is 13.6. The van der Waals surface area contributed by atoms with Crippen LogP contribution in [0.15, 0.2) is 30.3 Å². The van der Waals surface area contributed by atoms with E-state index in [9.17, 15) is 0 Å². The van der Waals surface area contributed by atoms with Gasteiger partial charge in [0.05, 0.1) is 11.2 Å². The minimum atomic E-state index is -0.256. The van der Waals surface area contributed by atoms with Crippen molar-refractivity contribution in [1.29, 1.82) is 0 Å². The number of halogens is 1. The van der Waals surface area contributed by atoms with Gasteiger partial charge in [-0.1, -0.05) is 30.3 Å². The number of hydrogen-bond acceptors (Lipinski definition) is 2. The van der Waals surface area contributed by atoms with E-state index < -0.39 is 0 Å². The van der Waals surface area contributed by atoms with Gasteiger partial charge in [-0.25, -0.2) is 0 Å². The van der Waals surface area contributed by atoms with Crippen molar-refractivity contribution in [1.82, 2.24) is 0 Å². The van der Waals surface area contributed by atoms with Crippen LogP contribution in [0, 0.1) is 0 Å². The lowest BCUT2D eigenvalue weighted by atomic mass is 9.79. The lowest BCUT2D eigenvalue weighted by Gasteiger charge is -2.32. The summed E-state index contributed by atoms with van der Waals surface area (Å²) in [7, 11) is -0.240. The van der Waals surface area contributed by atoms with Crippen molar-refractivity contribution in [3.8, 4) is 0 Å². The van der Waals surface area contributed by atoms with Crippen molar-refractivity contribution in [2.45, 2.75) is 38.9 Å². The van der Waals surface area contributed by atoms with Crippen LogP contribution in [-0.4, -0.2) is 18.3 Å². The average Bonchev–Trinajstić information content (AvgIpc) is 2.38. The quantitative estimate of drug-likeness (QED) is 0.702. The Kier molecular flexibility index (Phi) is 3.73.